The zero-order valence-corrected chi connectivity index (χ0v) is 10.8. The molecule has 0 spiro atoms. The molecule has 0 saturated carbocycles. The molecule has 0 heterocycles. The molecule has 0 aliphatic heterocycles. The molecule has 0 amide bonds. The lowest BCUT2D eigenvalue weighted by Gasteiger charge is -2.00. The molecular formula is C16H11NS. The molecule has 2 heteroatoms. The molecule has 0 aromatic heterocycles. The number of nitrogens with zero attached hydrogens (tertiary/aromatic N) is 1. The molecule has 0 bridgehead atoms. The smallest absolute Gasteiger partial charge is 0.138 e. The van der Waals surface area contributed by atoms with Gasteiger partial charge in [0.2, 0.25) is 0 Å². The molecule has 2 aromatic carbocycles. The second kappa shape index (κ2) is 5.96. The van der Waals surface area contributed by atoms with E-state index < -0.39 is 0 Å². The summed E-state index contributed by atoms with van der Waals surface area (Å²) in [6.07, 6.45) is 0. The first-order valence-corrected chi connectivity index (χ1v) is 6.35. The number of rotatable bonds is 1. The highest BCUT2D eigenvalue weighted by molar-refractivity contribution is 8.03. The summed E-state index contributed by atoms with van der Waals surface area (Å²) in [7, 11) is 0. The van der Waals surface area contributed by atoms with Gasteiger partial charge in [-0.05, 0) is 54.6 Å². The number of thioether (sulfide) groups is 1. The molecule has 0 radical (unpaired) electrons. The maximum Gasteiger partial charge on any atom is 0.138 e. The van der Waals surface area contributed by atoms with Gasteiger partial charge < -0.3 is 0 Å². The number of nitriles is 1. The first-order valence-electron chi connectivity index (χ1n) is 5.53. The third kappa shape index (κ3) is 3.17. The zero-order valence-electron chi connectivity index (χ0n) is 9.97. The van der Waals surface area contributed by atoms with E-state index in [2.05, 4.69) is 17.2 Å². The molecule has 0 N–H and O–H groups in total. The van der Waals surface area contributed by atoms with Gasteiger partial charge in [-0.3, -0.25) is 0 Å². The number of hydrogen-bond donors (Lipinski definition) is 0. The van der Waals surface area contributed by atoms with Crippen molar-refractivity contribution >= 4 is 11.8 Å². The van der Waals surface area contributed by atoms with E-state index >= 15 is 0 Å². The van der Waals surface area contributed by atoms with Crippen LogP contribution in [0.3, 0.4) is 0 Å². The molecule has 0 saturated heterocycles. The molecule has 18 heavy (non-hydrogen) atoms. The Morgan fingerprint density at radius 2 is 1.67 bits per heavy atom. The Bertz CT molecular complexity index is 642. The van der Waals surface area contributed by atoms with E-state index in [1.54, 1.807) is 0 Å². The van der Waals surface area contributed by atoms with Gasteiger partial charge in [-0.1, -0.05) is 30.0 Å². The van der Waals surface area contributed by atoms with Gasteiger partial charge in [0.1, 0.15) is 5.40 Å². The summed E-state index contributed by atoms with van der Waals surface area (Å²) < 4.78 is 0. The molecule has 0 aliphatic rings. The quantitative estimate of drug-likeness (QED) is 0.434. The van der Waals surface area contributed by atoms with Crippen molar-refractivity contribution in [3.63, 3.8) is 0 Å². The number of benzene rings is 2. The Hall–Kier alpha value is -2.16. The van der Waals surface area contributed by atoms with Crippen LogP contribution >= 0.6 is 11.8 Å². The van der Waals surface area contributed by atoms with Crippen molar-refractivity contribution in [2.24, 2.45) is 0 Å². The summed E-state index contributed by atoms with van der Waals surface area (Å²) in [6.45, 7) is 1.99. The Balaban J connectivity index is 2.24. The van der Waals surface area contributed by atoms with E-state index in [1.807, 2.05) is 55.5 Å². The van der Waals surface area contributed by atoms with Gasteiger partial charge in [-0.25, -0.2) is 0 Å². The van der Waals surface area contributed by atoms with Crippen LogP contribution in [0.4, 0.5) is 0 Å². The van der Waals surface area contributed by atoms with E-state index in [9.17, 15) is 0 Å². The maximum absolute atomic E-state index is 8.65. The summed E-state index contributed by atoms with van der Waals surface area (Å²) in [5.41, 5.74) is 3.06. The summed E-state index contributed by atoms with van der Waals surface area (Å²) >= 11 is 1.18. The molecule has 0 atom stereocenters. The highest BCUT2D eigenvalue weighted by atomic mass is 32.2. The Morgan fingerprint density at radius 1 is 0.944 bits per heavy atom. The molecule has 2 rings (SSSR count). The minimum absolute atomic E-state index is 0.971. The summed E-state index contributed by atoms with van der Waals surface area (Å²) in [6, 6.07) is 15.8. The second-order valence-corrected chi connectivity index (χ2v) is 4.62. The SMILES string of the molecule is Cc1cc(C#Cc2ccccc2)ccc1SC#N. The van der Waals surface area contributed by atoms with E-state index in [-0.39, 0.29) is 0 Å². The fourth-order valence-electron chi connectivity index (χ4n) is 1.56. The van der Waals surface area contributed by atoms with Gasteiger partial charge in [0.05, 0.1) is 0 Å². The third-order valence-corrected chi connectivity index (χ3v) is 3.22. The van der Waals surface area contributed by atoms with Crippen LogP contribution in [0.1, 0.15) is 16.7 Å². The average molecular weight is 249 g/mol. The Kier molecular flexibility index (Phi) is 4.07. The number of hydrogen-bond acceptors (Lipinski definition) is 2. The third-order valence-electron chi connectivity index (χ3n) is 2.46. The first-order chi connectivity index (χ1) is 8.79. The van der Waals surface area contributed by atoms with Crippen LogP contribution in [-0.2, 0) is 0 Å². The molecule has 86 valence electrons. The van der Waals surface area contributed by atoms with E-state index in [0.29, 0.717) is 0 Å². The average Bonchev–Trinajstić information content (AvgIpc) is 2.41. The monoisotopic (exact) mass is 249 g/mol. The molecule has 0 fully saturated rings. The minimum atomic E-state index is 0.971. The summed E-state index contributed by atoms with van der Waals surface area (Å²) in [5, 5.41) is 10.7. The van der Waals surface area contributed by atoms with Crippen LogP contribution in [0, 0.1) is 29.4 Å². The second-order valence-electron chi connectivity index (χ2n) is 3.79. The van der Waals surface area contributed by atoms with Crippen molar-refractivity contribution in [1.82, 2.24) is 0 Å². The van der Waals surface area contributed by atoms with Gasteiger partial charge in [0.15, 0.2) is 0 Å². The van der Waals surface area contributed by atoms with Gasteiger partial charge in [-0.2, -0.15) is 5.26 Å². The molecular weight excluding hydrogens is 238 g/mol. The van der Waals surface area contributed by atoms with Crippen LogP contribution in [0.5, 0.6) is 0 Å². The number of thiocyanates is 1. The fourth-order valence-corrected chi connectivity index (χ4v) is 2.01. The van der Waals surface area contributed by atoms with Gasteiger partial charge in [0.25, 0.3) is 0 Å². The lowest BCUT2D eigenvalue weighted by molar-refractivity contribution is 1.30. The summed E-state index contributed by atoms with van der Waals surface area (Å²) in [5.74, 6) is 6.25. The fraction of sp³-hybridized carbons (Fsp3) is 0.0625. The zero-order chi connectivity index (χ0) is 12.8. The van der Waals surface area contributed by atoms with E-state index in [0.717, 1.165) is 21.6 Å². The largest absolute Gasteiger partial charge is 0.185 e. The van der Waals surface area contributed by atoms with E-state index in [1.165, 1.54) is 11.8 Å². The maximum atomic E-state index is 8.65. The van der Waals surface area contributed by atoms with Crippen molar-refractivity contribution in [2.45, 2.75) is 11.8 Å². The molecule has 0 unspecified atom stereocenters. The Labute approximate surface area is 111 Å². The Morgan fingerprint density at radius 3 is 2.33 bits per heavy atom. The first kappa shape index (κ1) is 12.3. The van der Waals surface area contributed by atoms with Crippen LogP contribution in [0.25, 0.3) is 0 Å². The van der Waals surface area contributed by atoms with Gasteiger partial charge in [0, 0.05) is 16.0 Å². The molecule has 0 aliphatic carbocycles. The highest BCUT2D eigenvalue weighted by Gasteiger charge is 1.98. The normalized spacial score (nSPS) is 9.11. The predicted octanol–water partition coefficient (Wildman–Crippen LogP) is 3.97. The lowest BCUT2D eigenvalue weighted by Crippen LogP contribution is -1.81. The number of aryl methyl sites for hydroxylation is 1. The van der Waals surface area contributed by atoms with Crippen molar-refractivity contribution in [3.05, 3.63) is 65.2 Å². The van der Waals surface area contributed by atoms with Crippen molar-refractivity contribution in [3.8, 4) is 17.2 Å². The minimum Gasteiger partial charge on any atom is -0.185 e. The van der Waals surface area contributed by atoms with Crippen LogP contribution in [-0.4, -0.2) is 0 Å². The predicted molar refractivity (Wildman–Crippen MR) is 75.1 cm³/mol. The standard InChI is InChI=1S/C16H11NS/c1-13-11-15(9-10-16(13)18-12-17)8-7-14-5-3-2-4-6-14/h2-6,9-11H,1H3. The van der Waals surface area contributed by atoms with Gasteiger partial charge >= 0.3 is 0 Å². The topological polar surface area (TPSA) is 23.8 Å². The molecule has 2 aromatic rings. The van der Waals surface area contributed by atoms with Crippen molar-refractivity contribution in [1.29, 1.82) is 5.26 Å². The van der Waals surface area contributed by atoms with Crippen LogP contribution in [0.2, 0.25) is 0 Å². The van der Waals surface area contributed by atoms with Gasteiger partial charge in [-0.15, -0.1) is 0 Å². The van der Waals surface area contributed by atoms with Crippen molar-refractivity contribution < 1.29 is 0 Å². The van der Waals surface area contributed by atoms with Crippen molar-refractivity contribution in [2.75, 3.05) is 0 Å². The molecule has 1 nitrogen and oxygen atoms in total. The summed E-state index contributed by atoms with van der Waals surface area (Å²) in [4.78, 5) is 0.989. The highest BCUT2D eigenvalue weighted by Crippen LogP contribution is 2.21. The van der Waals surface area contributed by atoms with Crippen LogP contribution in [0.15, 0.2) is 53.4 Å². The van der Waals surface area contributed by atoms with E-state index in [4.69, 9.17) is 5.26 Å². The van der Waals surface area contributed by atoms with Crippen LogP contribution < -0.4 is 0 Å². The lowest BCUT2D eigenvalue weighted by atomic mass is 10.1.